The molecule has 1 aromatic heterocycles. The van der Waals surface area contributed by atoms with E-state index in [2.05, 4.69) is 10.3 Å². The molecule has 1 heterocycles. The number of hydrogen-bond donors (Lipinski definition) is 1. The van der Waals surface area contributed by atoms with Gasteiger partial charge < -0.3 is 5.32 Å². The molecule has 6 nitrogen and oxygen atoms in total. The molecular weight excluding hydrogens is 198 g/mol. The first-order valence-corrected chi connectivity index (χ1v) is 4.42. The van der Waals surface area contributed by atoms with Crippen molar-refractivity contribution < 1.29 is 9.72 Å². The second-order valence-electron chi connectivity index (χ2n) is 3.29. The van der Waals surface area contributed by atoms with Gasteiger partial charge in [-0.05, 0) is 19.9 Å². The molecule has 1 aromatic rings. The summed E-state index contributed by atoms with van der Waals surface area (Å²) in [7, 11) is 0. The van der Waals surface area contributed by atoms with Gasteiger partial charge in [-0.25, -0.2) is 4.98 Å². The van der Waals surface area contributed by atoms with Gasteiger partial charge in [0.1, 0.15) is 11.9 Å². The Morgan fingerprint density at radius 2 is 2.20 bits per heavy atom. The third-order valence-corrected chi connectivity index (χ3v) is 1.61. The first kappa shape index (κ1) is 11.1. The van der Waals surface area contributed by atoms with Crippen LogP contribution in [0.4, 0.5) is 5.69 Å². The van der Waals surface area contributed by atoms with E-state index in [1.807, 2.05) is 13.8 Å². The van der Waals surface area contributed by atoms with Crippen LogP contribution >= 0.6 is 0 Å². The number of nitro groups is 1. The number of rotatable bonds is 3. The van der Waals surface area contributed by atoms with Gasteiger partial charge in [-0.3, -0.25) is 14.9 Å². The maximum Gasteiger partial charge on any atom is 0.287 e. The lowest BCUT2D eigenvalue weighted by atomic mass is 10.3. The number of pyridine rings is 1. The average Bonchev–Trinajstić information content (AvgIpc) is 2.17. The van der Waals surface area contributed by atoms with Crippen LogP contribution in [0, 0.1) is 10.1 Å². The summed E-state index contributed by atoms with van der Waals surface area (Å²) in [4.78, 5) is 24.9. The number of amides is 1. The smallest absolute Gasteiger partial charge is 0.287 e. The van der Waals surface area contributed by atoms with Crippen molar-refractivity contribution >= 4 is 11.6 Å². The quantitative estimate of drug-likeness (QED) is 0.597. The van der Waals surface area contributed by atoms with Crippen LogP contribution in [0.5, 0.6) is 0 Å². The Hall–Kier alpha value is -1.98. The Morgan fingerprint density at radius 1 is 1.53 bits per heavy atom. The summed E-state index contributed by atoms with van der Waals surface area (Å²) in [6, 6.07) is 2.59. The van der Waals surface area contributed by atoms with E-state index >= 15 is 0 Å². The number of hydrogen-bond acceptors (Lipinski definition) is 4. The van der Waals surface area contributed by atoms with Crippen molar-refractivity contribution in [1.82, 2.24) is 10.3 Å². The van der Waals surface area contributed by atoms with Crippen molar-refractivity contribution in [3.63, 3.8) is 0 Å². The zero-order valence-electron chi connectivity index (χ0n) is 8.43. The molecule has 0 aliphatic rings. The standard InChI is InChI=1S/C9H11N3O3/c1-6(2)11-9(13)8-4-3-7(5-10-8)12(14)15/h3-6H,1-2H3,(H,11,13). The number of nitrogens with one attached hydrogen (secondary N) is 1. The minimum absolute atomic E-state index is 0.00879. The molecule has 0 atom stereocenters. The maximum absolute atomic E-state index is 11.4. The average molecular weight is 209 g/mol. The van der Waals surface area contributed by atoms with Crippen LogP contribution in [0.3, 0.4) is 0 Å². The second kappa shape index (κ2) is 4.50. The largest absolute Gasteiger partial charge is 0.349 e. The Kier molecular flexibility index (Phi) is 3.33. The summed E-state index contributed by atoms with van der Waals surface area (Å²) in [6.07, 6.45) is 1.06. The number of carbonyl (C=O) groups excluding carboxylic acids is 1. The van der Waals surface area contributed by atoms with Crippen molar-refractivity contribution in [2.75, 3.05) is 0 Å². The summed E-state index contributed by atoms with van der Waals surface area (Å²) >= 11 is 0. The van der Waals surface area contributed by atoms with Crippen LogP contribution in [-0.2, 0) is 0 Å². The minimum atomic E-state index is -0.558. The maximum atomic E-state index is 11.4. The Labute approximate surface area is 86.5 Å². The monoisotopic (exact) mass is 209 g/mol. The van der Waals surface area contributed by atoms with E-state index in [0.717, 1.165) is 6.20 Å². The highest BCUT2D eigenvalue weighted by molar-refractivity contribution is 5.92. The van der Waals surface area contributed by atoms with Gasteiger partial charge in [-0.15, -0.1) is 0 Å². The highest BCUT2D eigenvalue weighted by atomic mass is 16.6. The molecule has 0 radical (unpaired) electrons. The molecule has 15 heavy (non-hydrogen) atoms. The molecule has 0 saturated carbocycles. The Morgan fingerprint density at radius 3 is 2.60 bits per heavy atom. The van der Waals surface area contributed by atoms with Crippen LogP contribution in [-0.4, -0.2) is 21.9 Å². The van der Waals surface area contributed by atoms with Gasteiger partial charge in [0, 0.05) is 12.1 Å². The normalized spacial score (nSPS) is 10.1. The fourth-order valence-electron chi connectivity index (χ4n) is 0.965. The fourth-order valence-corrected chi connectivity index (χ4v) is 0.965. The second-order valence-corrected chi connectivity index (χ2v) is 3.29. The Balaban J connectivity index is 2.80. The van der Waals surface area contributed by atoms with Gasteiger partial charge in [0.15, 0.2) is 0 Å². The molecule has 6 heteroatoms. The van der Waals surface area contributed by atoms with Crippen LogP contribution in [0.1, 0.15) is 24.3 Å². The van der Waals surface area contributed by atoms with Crippen LogP contribution in [0.15, 0.2) is 18.3 Å². The molecule has 0 saturated heterocycles. The fraction of sp³-hybridized carbons (Fsp3) is 0.333. The van der Waals surface area contributed by atoms with E-state index in [9.17, 15) is 14.9 Å². The molecule has 0 unspecified atom stereocenters. The molecule has 0 aliphatic heterocycles. The summed E-state index contributed by atoms with van der Waals surface area (Å²) in [5.74, 6) is -0.333. The molecule has 1 amide bonds. The molecule has 0 spiro atoms. The minimum Gasteiger partial charge on any atom is -0.349 e. The topological polar surface area (TPSA) is 85.1 Å². The summed E-state index contributed by atoms with van der Waals surface area (Å²) in [5, 5.41) is 13.0. The Bertz CT molecular complexity index is 373. The summed E-state index contributed by atoms with van der Waals surface area (Å²) in [6.45, 7) is 3.65. The lowest BCUT2D eigenvalue weighted by Gasteiger charge is -2.06. The highest BCUT2D eigenvalue weighted by Gasteiger charge is 2.11. The third kappa shape index (κ3) is 3.01. The van der Waals surface area contributed by atoms with Crippen LogP contribution in [0.25, 0.3) is 0 Å². The van der Waals surface area contributed by atoms with Crippen molar-refractivity contribution in [3.8, 4) is 0 Å². The van der Waals surface area contributed by atoms with Gasteiger partial charge in [-0.1, -0.05) is 0 Å². The molecular formula is C9H11N3O3. The molecule has 0 bridgehead atoms. The van der Waals surface area contributed by atoms with Gasteiger partial charge in [0.25, 0.3) is 11.6 Å². The van der Waals surface area contributed by atoms with Crippen molar-refractivity contribution in [2.45, 2.75) is 19.9 Å². The van der Waals surface area contributed by atoms with E-state index in [0.29, 0.717) is 0 Å². The first-order valence-electron chi connectivity index (χ1n) is 4.42. The first-order chi connectivity index (χ1) is 7.00. The van der Waals surface area contributed by atoms with Crippen molar-refractivity contribution in [1.29, 1.82) is 0 Å². The van der Waals surface area contributed by atoms with Gasteiger partial charge in [0.05, 0.1) is 4.92 Å². The van der Waals surface area contributed by atoms with E-state index in [1.54, 1.807) is 0 Å². The molecule has 80 valence electrons. The highest BCUT2D eigenvalue weighted by Crippen LogP contribution is 2.08. The number of aromatic nitrogens is 1. The van der Waals surface area contributed by atoms with Crippen molar-refractivity contribution in [3.05, 3.63) is 34.1 Å². The van der Waals surface area contributed by atoms with Crippen LogP contribution in [0.2, 0.25) is 0 Å². The lowest BCUT2D eigenvalue weighted by molar-refractivity contribution is -0.385. The SMILES string of the molecule is CC(C)NC(=O)c1ccc([N+](=O)[O-])cn1. The molecule has 1 N–H and O–H groups in total. The third-order valence-electron chi connectivity index (χ3n) is 1.61. The lowest BCUT2D eigenvalue weighted by Crippen LogP contribution is -2.30. The van der Waals surface area contributed by atoms with E-state index in [-0.39, 0.29) is 23.3 Å². The molecule has 0 aliphatic carbocycles. The van der Waals surface area contributed by atoms with Gasteiger partial charge in [-0.2, -0.15) is 0 Å². The summed E-state index contributed by atoms with van der Waals surface area (Å²) < 4.78 is 0. The van der Waals surface area contributed by atoms with Gasteiger partial charge in [0.2, 0.25) is 0 Å². The zero-order valence-corrected chi connectivity index (χ0v) is 8.43. The molecule has 1 rings (SSSR count). The van der Waals surface area contributed by atoms with E-state index < -0.39 is 4.92 Å². The number of nitrogens with zero attached hydrogens (tertiary/aromatic N) is 2. The predicted octanol–water partition coefficient (Wildman–Crippen LogP) is 1.13. The van der Waals surface area contributed by atoms with Crippen LogP contribution < -0.4 is 5.32 Å². The van der Waals surface area contributed by atoms with Gasteiger partial charge >= 0.3 is 0 Å². The zero-order chi connectivity index (χ0) is 11.4. The number of carbonyl (C=O) groups is 1. The molecule has 0 aromatic carbocycles. The summed E-state index contributed by atoms with van der Waals surface area (Å²) in [5.41, 5.74) is 0.0467. The van der Waals surface area contributed by atoms with E-state index in [4.69, 9.17) is 0 Å². The van der Waals surface area contributed by atoms with Crippen molar-refractivity contribution in [2.24, 2.45) is 0 Å². The molecule has 0 fully saturated rings. The van der Waals surface area contributed by atoms with E-state index in [1.165, 1.54) is 12.1 Å². The predicted molar refractivity (Wildman–Crippen MR) is 53.5 cm³/mol.